The molecule has 27 heavy (non-hydrogen) atoms. The van der Waals surface area contributed by atoms with Crippen LogP contribution in [-0.4, -0.2) is 49.8 Å². The Morgan fingerprint density at radius 3 is 2.85 bits per heavy atom. The average molecular weight is 368 g/mol. The number of carbonyl (C=O) groups is 1. The Labute approximate surface area is 158 Å². The number of hydrogen-bond acceptors (Lipinski definition) is 5. The van der Waals surface area contributed by atoms with Gasteiger partial charge < -0.3 is 19.2 Å². The number of furan rings is 1. The van der Waals surface area contributed by atoms with Crippen LogP contribution in [0.5, 0.6) is 5.75 Å². The van der Waals surface area contributed by atoms with Crippen molar-refractivity contribution in [3.63, 3.8) is 0 Å². The number of hydrogen-bond donors (Lipinski definition) is 1. The molecule has 6 nitrogen and oxygen atoms in total. The number of morpholine rings is 1. The second-order valence-electron chi connectivity index (χ2n) is 6.99. The Morgan fingerprint density at radius 2 is 2.07 bits per heavy atom. The predicted octanol–water partition coefficient (Wildman–Crippen LogP) is 3.64. The molecule has 0 unspecified atom stereocenters. The molecule has 0 radical (unpaired) electrons. The molecular formula is C21H24N2O4. The van der Waals surface area contributed by atoms with Crippen LogP contribution in [0.4, 0.5) is 5.69 Å². The zero-order valence-electron chi connectivity index (χ0n) is 15.8. The van der Waals surface area contributed by atoms with Crippen molar-refractivity contribution in [1.29, 1.82) is 0 Å². The predicted molar refractivity (Wildman–Crippen MR) is 105 cm³/mol. The summed E-state index contributed by atoms with van der Waals surface area (Å²) >= 11 is 0. The summed E-state index contributed by atoms with van der Waals surface area (Å²) in [6.45, 7) is 6.08. The Hall–Kier alpha value is -2.57. The fourth-order valence-electron chi connectivity index (χ4n) is 3.62. The van der Waals surface area contributed by atoms with Gasteiger partial charge in [0.2, 0.25) is 5.91 Å². The number of carbonyl (C=O) groups excluding carboxylic acids is 1. The van der Waals surface area contributed by atoms with E-state index >= 15 is 0 Å². The van der Waals surface area contributed by atoms with Gasteiger partial charge in [-0.1, -0.05) is 18.2 Å². The molecule has 1 aromatic heterocycles. The first kappa shape index (κ1) is 17.8. The minimum Gasteiger partial charge on any atom is -0.495 e. The molecule has 1 saturated heterocycles. The van der Waals surface area contributed by atoms with Crippen molar-refractivity contribution in [3.05, 3.63) is 36.4 Å². The third kappa shape index (κ3) is 3.38. The van der Waals surface area contributed by atoms with Gasteiger partial charge in [-0.25, -0.2) is 0 Å². The number of benzene rings is 2. The van der Waals surface area contributed by atoms with E-state index in [1.165, 1.54) is 0 Å². The van der Waals surface area contributed by atoms with Gasteiger partial charge >= 0.3 is 0 Å². The molecule has 0 aliphatic carbocycles. The molecule has 4 rings (SSSR count). The van der Waals surface area contributed by atoms with Crippen LogP contribution >= 0.6 is 0 Å². The molecule has 1 fully saturated rings. The minimum atomic E-state index is -0.257. The Balaban J connectivity index is 1.62. The molecule has 0 saturated carbocycles. The van der Waals surface area contributed by atoms with Gasteiger partial charge in [-0.15, -0.1) is 0 Å². The van der Waals surface area contributed by atoms with Crippen LogP contribution in [0.2, 0.25) is 0 Å². The van der Waals surface area contributed by atoms with E-state index < -0.39 is 0 Å². The van der Waals surface area contributed by atoms with Crippen molar-refractivity contribution in [1.82, 2.24) is 4.90 Å². The number of rotatable bonds is 4. The van der Waals surface area contributed by atoms with Gasteiger partial charge in [0.05, 0.1) is 31.5 Å². The summed E-state index contributed by atoms with van der Waals surface area (Å²) in [5.74, 6) is 0.544. The first-order valence-corrected chi connectivity index (χ1v) is 9.22. The number of nitrogens with one attached hydrogen (secondary N) is 1. The van der Waals surface area contributed by atoms with E-state index in [0.29, 0.717) is 18.0 Å². The van der Waals surface area contributed by atoms with Gasteiger partial charge in [0.25, 0.3) is 0 Å². The molecule has 3 aromatic rings. The molecule has 2 atom stereocenters. The van der Waals surface area contributed by atoms with E-state index in [0.717, 1.165) is 35.0 Å². The Bertz CT molecular complexity index is 981. The zero-order chi connectivity index (χ0) is 19.0. The molecular weight excluding hydrogens is 344 g/mol. The smallest absolute Gasteiger partial charge is 0.241 e. The third-order valence-corrected chi connectivity index (χ3v) is 5.16. The second kappa shape index (κ2) is 7.21. The largest absolute Gasteiger partial charge is 0.495 e. The highest BCUT2D eigenvalue weighted by Gasteiger charge is 2.26. The molecule has 1 amide bonds. The van der Waals surface area contributed by atoms with Gasteiger partial charge in [0, 0.05) is 29.9 Å². The van der Waals surface area contributed by atoms with Crippen LogP contribution < -0.4 is 10.1 Å². The normalized spacial score (nSPS) is 19.3. The average Bonchev–Trinajstić information content (AvgIpc) is 3.04. The maximum atomic E-state index is 12.8. The highest BCUT2D eigenvalue weighted by molar-refractivity contribution is 6.08. The van der Waals surface area contributed by atoms with Crippen LogP contribution in [0.1, 0.15) is 13.8 Å². The van der Waals surface area contributed by atoms with Crippen molar-refractivity contribution >= 4 is 33.5 Å². The van der Waals surface area contributed by atoms with Crippen LogP contribution in [0, 0.1) is 0 Å². The molecule has 1 aliphatic rings. The lowest BCUT2D eigenvalue weighted by atomic mass is 10.1. The van der Waals surface area contributed by atoms with Crippen LogP contribution in [-0.2, 0) is 9.53 Å². The SMILES string of the molecule is COc1cc2c(cc1NC(=O)[C@H](C)N1CCO[C@H](C)C1)oc1ccccc12. The Morgan fingerprint density at radius 1 is 1.26 bits per heavy atom. The molecule has 0 spiro atoms. The highest BCUT2D eigenvalue weighted by Crippen LogP contribution is 2.36. The van der Waals surface area contributed by atoms with E-state index in [9.17, 15) is 4.79 Å². The van der Waals surface area contributed by atoms with Crippen molar-refractivity contribution in [2.75, 3.05) is 32.1 Å². The van der Waals surface area contributed by atoms with E-state index in [4.69, 9.17) is 13.9 Å². The molecule has 1 aliphatic heterocycles. The number of ether oxygens (including phenoxy) is 2. The van der Waals surface area contributed by atoms with Crippen LogP contribution in [0.3, 0.4) is 0 Å². The molecule has 1 N–H and O–H groups in total. The molecule has 6 heteroatoms. The number of amides is 1. The van der Waals surface area contributed by atoms with Crippen molar-refractivity contribution in [2.24, 2.45) is 0 Å². The van der Waals surface area contributed by atoms with E-state index in [2.05, 4.69) is 10.2 Å². The van der Waals surface area contributed by atoms with Crippen molar-refractivity contribution in [3.8, 4) is 5.75 Å². The standard InChI is InChI=1S/C21H24N2O4/c1-13-12-23(8-9-26-13)14(2)21(24)22-17-11-19-16(10-20(17)25-3)15-6-4-5-7-18(15)27-19/h4-7,10-11,13-14H,8-9,12H2,1-3H3,(H,22,24)/t13-,14+/m1/s1. The summed E-state index contributed by atoms with van der Waals surface area (Å²) in [5, 5.41) is 5.00. The first-order valence-electron chi connectivity index (χ1n) is 9.22. The van der Waals surface area contributed by atoms with Crippen molar-refractivity contribution < 1.29 is 18.7 Å². The zero-order valence-corrected chi connectivity index (χ0v) is 15.8. The van der Waals surface area contributed by atoms with Crippen LogP contribution in [0.15, 0.2) is 40.8 Å². The number of para-hydroxylation sites is 1. The summed E-state index contributed by atoms with van der Waals surface area (Å²) in [7, 11) is 1.60. The summed E-state index contributed by atoms with van der Waals surface area (Å²) in [5.41, 5.74) is 2.15. The minimum absolute atomic E-state index is 0.0714. The lowest BCUT2D eigenvalue weighted by Crippen LogP contribution is -2.50. The van der Waals surface area contributed by atoms with E-state index in [-0.39, 0.29) is 18.1 Å². The lowest BCUT2D eigenvalue weighted by Gasteiger charge is -2.34. The second-order valence-corrected chi connectivity index (χ2v) is 6.99. The fraction of sp³-hybridized carbons (Fsp3) is 0.381. The molecule has 2 aromatic carbocycles. The highest BCUT2D eigenvalue weighted by atomic mass is 16.5. The summed E-state index contributed by atoms with van der Waals surface area (Å²) < 4.78 is 17.0. The van der Waals surface area contributed by atoms with Gasteiger partial charge in [-0.2, -0.15) is 0 Å². The van der Waals surface area contributed by atoms with Gasteiger partial charge in [0.15, 0.2) is 0 Å². The topological polar surface area (TPSA) is 63.9 Å². The van der Waals surface area contributed by atoms with Gasteiger partial charge in [0.1, 0.15) is 16.9 Å². The maximum absolute atomic E-state index is 12.8. The fourth-order valence-corrected chi connectivity index (χ4v) is 3.62. The Kier molecular flexibility index (Phi) is 4.76. The number of fused-ring (bicyclic) bond motifs is 3. The summed E-state index contributed by atoms with van der Waals surface area (Å²) in [6.07, 6.45) is 0.135. The van der Waals surface area contributed by atoms with Crippen molar-refractivity contribution in [2.45, 2.75) is 26.0 Å². The monoisotopic (exact) mass is 368 g/mol. The third-order valence-electron chi connectivity index (χ3n) is 5.16. The molecule has 142 valence electrons. The molecule has 2 heterocycles. The summed E-state index contributed by atoms with van der Waals surface area (Å²) in [6, 6.07) is 11.4. The van der Waals surface area contributed by atoms with Crippen LogP contribution in [0.25, 0.3) is 21.9 Å². The number of methoxy groups -OCH3 is 1. The van der Waals surface area contributed by atoms with E-state index in [1.807, 2.05) is 50.2 Å². The quantitative estimate of drug-likeness (QED) is 0.762. The maximum Gasteiger partial charge on any atom is 0.241 e. The van der Waals surface area contributed by atoms with Gasteiger partial charge in [-0.05, 0) is 26.0 Å². The van der Waals surface area contributed by atoms with E-state index in [1.54, 1.807) is 7.11 Å². The summed E-state index contributed by atoms with van der Waals surface area (Å²) in [4.78, 5) is 14.9. The lowest BCUT2D eigenvalue weighted by molar-refractivity contribution is -0.123. The number of anilines is 1. The van der Waals surface area contributed by atoms with Gasteiger partial charge in [-0.3, -0.25) is 9.69 Å². The number of nitrogens with zero attached hydrogens (tertiary/aromatic N) is 1. The first-order chi connectivity index (χ1) is 13.1. The molecule has 0 bridgehead atoms.